The summed E-state index contributed by atoms with van der Waals surface area (Å²) >= 11 is 0. The molecule has 0 amide bonds. The lowest BCUT2D eigenvalue weighted by Crippen LogP contribution is -2.38. The molecule has 0 aromatic carbocycles. The monoisotopic (exact) mass is 492 g/mol. The fraction of sp³-hybridized carbons (Fsp3) is 0.871. The zero-order valence-corrected chi connectivity index (χ0v) is 23.4. The molecule has 1 aliphatic rings. The van der Waals surface area contributed by atoms with E-state index in [0.717, 1.165) is 25.7 Å². The van der Waals surface area contributed by atoms with Crippen molar-refractivity contribution in [1.29, 1.82) is 0 Å². The summed E-state index contributed by atoms with van der Waals surface area (Å²) in [7, 11) is 0. The van der Waals surface area contributed by atoms with Crippen molar-refractivity contribution in [1.82, 2.24) is 0 Å². The minimum atomic E-state index is -0.422. The number of ether oxygens (including phenoxy) is 2. The number of allylic oxidation sites excluding steroid dienone is 2. The van der Waals surface area contributed by atoms with E-state index in [9.17, 15) is 9.59 Å². The van der Waals surface area contributed by atoms with Gasteiger partial charge in [-0.1, -0.05) is 136 Å². The predicted octanol–water partition coefficient (Wildman–Crippen LogP) is 8.96. The van der Waals surface area contributed by atoms with E-state index < -0.39 is 11.8 Å². The molecule has 0 fully saturated rings. The lowest BCUT2D eigenvalue weighted by Gasteiger charge is -2.30. The third-order valence-electron chi connectivity index (χ3n) is 7.39. The Hall–Kier alpha value is -1.32. The maximum Gasteiger partial charge on any atom is 0.310 e. The van der Waals surface area contributed by atoms with Crippen LogP contribution in [0.2, 0.25) is 0 Å². The smallest absolute Gasteiger partial charge is 0.310 e. The SMILES string of the molecule is CCCCCCCCCCCOC(=O)C1CC=CC(C)C1C(=O)OCCCCCCCCCCC. The summed E-state index contributed by atoms with van der Waals surface area (Å²) in [6.45, 7) is 7.41. The summed E-state index contributed by atoms with van der Waals surface area (Å²) in [6, 6.07) is 0. The summed E-state index contributed by atoms with van der Waals surface area (Å²) in [6.07, 6.45) is 26.9. The van der Waals surface area contributed by atoms with Crippen molar-refractivity contribution in [3.63, 3.8) is 0 Å². The molecule has 4 nitrogen and oxygen atoms in total. The first-order chi connectivity index (χ1) is 17.1. The van der Waals surface area contributed by atoms with Gasteiger partial charge in [-0.2, -0.15) is 0 Å². The summed E-state index contributed by atoms with van der Waals surface area (Å²) in [5.41, 5.74) is 0. The summed E-state index contributed by atoms with van der Waals surface area (Å²) < 4.78 is 11.2. The average Bonchev–Trinajstić information content (AvgIpc) is 2.85. The number of rotatable bonds is 22. The van der Waals surface area contributed by atoms with Crippen LogP contribution in [0.25, 0.3) is 0 Å². The Balaban J connectivity index is 2.20. The Kier molecular flexibility index (Phi) is 19.9. The summed E-state index contributed by atoms with van der Waals surface area (Å²) in [4.78, 5) is 25.6. The molecule has 3 unspecified atom stereocenters. The zero-order valence-electron chi connectivity index (χ0n) is 23.4. The second-order valence-electron chi connectivity index (χ2n) is 10.6. The van der Waals surface area contributed by atoms with Crippen LogP contribution in [0.3, 0.4) is 0 Å². The summed E-state index contributed by atoms with van der Waals surface area (Å²) in [5, 5.41) is 0. The van der Waals surface area contributed by atoms with Gasteiger partial charge in [0.05, 0.1) is 25.0 Å². The standard InChI is InChI=1S/C31H56O4/c1-4-6-8-10-12-14-16-18-20-25-34-30(32)28-24-22-23-27(3)29(28)31(33)35-26-21-19-17-15-13-11-9-7-5-2/h22-23,27-29H,4-21,24-26H2,1-3H3. The molecule has 0 saturated carbocycles. The second kappa shape index (κ2) is 21.9. The maximum absolute atomic E-state index is 12.8. The van der Waals surface area contributed by atoms with Gasteiger partial charge in [-0.15, -0.1) is 0 Å². The predicted molar refractivity (Wildman–Crippen MR) is 146 cm³/mol. The number of hydrogen-bond acceptors (Lipinski definition) is 4. The molecule has 0 radical (unpaired) electrons. The highest BCUT2D eigenvalue weighted by atomic mass is 16.5. The van der Waals surface area contributed by atoms with Gasteiger partial charge in [0.25, 0.3) is 0 Å². The fourth-order valence-electron chi connectivity index (χ4n) is 5.07. The van der Waals surface area contributed by atoms with Crippen molar-refractivity contribution in [3.8, 4) is 0 Å². The molecule has 3 atom stereocenters. The first-order valence-corrected chi connectivity index (χ1v) is 15.1. The van der Waals surface area contributed by atoms with E-state index in [1.165, 1.54) is 89.9 Å². The third kappa shape index (κ3) is 15.4. The Morgan fingerprint density at radius 2 is 1.03 bits per heavy atom. The van der Waals surface area contributed by atoms with Gasteiger partial charge in [0.15, 0.2) is 0 Å². The second-order valence-corrected chi connectivity index (χ2v) is 10.6. The van der Waals surface area contributed by atoms with Gasteiger partial charge in [-0.3, -0.25) is 9.59 Å². The molecule has 35 heavy (non-hydrogen) atoms. The van der Waals surface area contributed by atoms with Gasteiger partial charge >= 0.3 is 11.9 Å². The number of carbonyl (C=O) groups excluding carboxylic acids is 2. The van der Waals surface area contributed by atoms with Crippen molar-refractivity contribution < 1.29 is 19.1 Å². The molecule has 1 rings (SSSR count). The van der Waals surface area contributed by atoms with Crippen molar-refractivity contribution >= 4 is 11.9 Å². The average molecular weight is 493 g/mol. The van der Waals surface area contributed by atoms with Crippen LogP contribution in [-0.4, -0.2) is 25.2 Å². The van der Waals surface area contributed by atoms with Crippen LogP contribution in [-0.2, 0) is 19.1 Å². The van der Waals surface area contributed by atoms with Gasteiger partial charge < -0.3 is 9.47 Å². The van der Waals surface area contributed by atoms with Crippen molar-refractivity contribution in [2.24, 2.45) is 17.8 Å². The van der Waals surface area contributed by atoms with Crippen LogP contribution in [0.15, 0.2) is 12.2 Å². The Bertz CT molecular complexity index is 556. The van der Waals surface area contributed by atoms with Crippen molar-refractivity contribution in [3.05, 3.63) is 12.2 Å². The van der Waals surface area contributed by atoms with Gasteiger partial charge in [-0.25, -0.2) is 0 Å². The minimum absolute atomic E-state index is 0.00429. The number of carbonyl (C=O) groups is 2. The Labute approximate surface area is 217 Å². The number of hydrogen-bond donors (Lipinski definition) is 0. The minimum Gasteiger partial charge on any atom is -0.465 e. The van der Waals surface area contributed by atoms with Crippen LogP contribution in [0.4, 0.5) is 0 Å². The normalized spacial score (nSPS) is 19.6. The third-order valence-corrected chi connectivity index (χ3v) is 7.39. The largest absolute Gasteiger partial charge is 0.465 e. The molecule has 0 aromatic rings. The van der Waals surface area contributed by atoms with Crippen LogP contribution in [0.5, 0.6) is 0 Å². The van der Waals surface area contributed by atoms with Gasteiger partial charge in [0.1, 0.15) is 0 Å². The van der Waals surface area contributed by atoms with Gasteiger partial charge in [-0.05, 0) is 25.2 Å². The van der Waals surface area contributed by atoms with E-state index in [4.69, 9.17) is 9.47 Å². The molecule has 204 valence electrons. The number of unbranched alkanes of at least 4 members (excludes halogenated alkanes) is 16. The highest BCUT2D eigenvalue weighted by molar-refractivity contribution is 5.83. The van der Waals surface area contributed by atoms with E-state index in [0.29, 0.717) is 19.6 Å². The molecule has 0 aliphatic heterocycles. The van der Waals surface area contributed by atoms with Crippen LogP contribution in [0, 0.1) is 17.8 Å². The Morgan fingerprint density at radius 3 is 1.49 bits per heavy atom. The topological polar surface area (TPSA) is 52.6 Å². The molecule has 0 bridgehead atoms. The highest BCUT2D eigenvalue weighted by Gasteiger charge is 2.40. The quantitative estimate of drug-likeness (QED) is 0.0859. The lowest BCUT2D eigenvalue weighted by atomic mass is 9.76. The molecular formula is C31H56O4. The van der Waals surface area contributed by atoms with Crippen molar-refractivity contribution in [2.45, 2.75) is 143 Å². The van der Waals surface area contributed by atoms with Crippen LogP contribution < -0.4 is 0 Å². The van der Waals surface area contributed by atoms with Gasteiger partial charge in [0.2, 0.25) is 0 Å². The van der Waals surface area contributed by atoms with Crippen LogP contribution in [0.1, 0.15) is 143 Å². The molecule has 0 heterocycles. The molecule has 4 heteroatoms. The molecule has 0 aromatic heterocycles. The van der Waals surface area contributed by atoms with Crippen LogP contribution >= 0.6 is 0 Å². The first-order valence-electron chi connectivity index (χ1n) is 15.1. The highest BCUT2D eigenvalue weighted by Crippen LogP contribution is 2.32. The molecule has 1 aliphatic carbocycles. The van der Waals surface area contributed by atoms with E-state index in [1.807, 2.05) is 19.1 Å². The lowest BCUT2D eigenvalue weighted by molar-refractivity contribution is -0.162. The molecular weight excluding hydrogens is 436 g/mol. The first kappa shape index (κ1) is 31.7. The van der Waals surface area contributed by atoms with E-state index in [1.54, 1.807) is 0 Å². The van der Waals surface area contributed by atoms with Gasteiger partial charge in [0, 0.05) is 0 Å². The Morgan fingerprint density at radius 1 is 0.629 bits per heavy atom. The molecule has 0 spiro atoms. The maximum atomic E-state index is 12.8. The number of esters is 2. The molecule has 0 saturated heterocycles. The van der Waals surface area contributed by atoms with E-state index in [2.05, 4.69) is 13.8 Å². The van der Waals surface area contributed by atoms with E-state index in [-0.39, 0.29) is 17.9 Å². The fourth-order valence-corrected chi connectivity index (χ4v) is 5.07. The zero-order chi connectivity index (χ0) is 25.6. The summed E-state index contributed by atoms with van der Waals surface area (Å²) in [5.74, 6) is -1.29. The van der Waals surface area contributed by atoms with E-state index >= 15 is 0 Å². The molecule has 0 N–H and O–H groups in total. The van der Waals surface area contributed by atoms with Crippen molar-refractivity contribution in [2.75, 3.05) is 13.2 Å².